The normalized spacial score (nSPS) is 12.0. The van der Waals surface area contributed by atoms with E-state index in [1.54, 1.807) is 30.3 Å². The molecule has 0 aliphatic carbocycles. The van der Waals surface area contributed by atoms with Crippen LogP contribution < -0.4 is 19.1 Å². The standard InChI is InChI=1S/C27H32N2O5S/c1-6-24(21-11-7-19(2)8-12-21)28-27(30)18-29(25-17-22(33-4)13-16-26(25)34-5)35(31,32)23-14-9-20(3)10-15-23/h7-17,24H,6,18H2,1-5H3,(H,28,30)/t24-/m0/s1. The summed E-state index contributed by atoms with van der Waals surface area (Å²) in [5, 5.41) is 2.98. The third-order valence-electron chi connectivity index (χ3n) is 5.77. The first-order valence-electron chi connectivity index (χ1n) is 11.4. The monoisotopic (exact) mass is 496 g/mol. The average Bonchev–Trinajstić information content (AvgIpc) is 2.86. The smallest absolute Gasteiger partial charge is 0.264 e. The van der Waals surface area contributed by atoms with Gasteiger partial charge in [0.2, 0.25) is 5.91 Å². The number of methoxy groups -OCH3 is 2. The molecule has 3 aromatic rings. The van der Waals surface area contributed by atoms with Crippen LogP contribution in [-0.4, -0.2) is 35.1 Å². The van der Waals surface area contributed by atoms with Gasteiger partial charge in [0, 0.05) is 6.07 Å². The number of hydrogen-bond donors (Lipinski definition) is 1. The summed E-state index contributed by atoms with van der Waals surface area (Å²) >= 11 is 0. The summed E-state index contributed by atoms with van der Waals surface area (Å²) in [6.45, 7) is 5.42. The Morgan fingerprint density at radius 3 is 2.06 bits per heavy atom. The molecule has 3 rings (SSSR count). The lowest BCUT2D eigenvalue weighted by Gasteiger charge is -2.27. The molecule has 8 heteroatoms. The third-order valence-corrected chi connectivity index (χ3v) is 7.55. The molecule has 1 atom stereocenters. The van der Waals surface area contributed by atoms with Gasteiger partial charge >= 0.3 is 0 Å². The molecule has 0 aliphatic heterocycles. The molecular formula is C27H32N2O5S. The molecule has 0 aromatic heterocycles. The van der Waals surface area contributed by atoms with Crippen molar-refractivity contribution < 1.29 is 22.7 Å². The molecule has 35 heavy (non-hydrogen) atoms. The molecule has 0 spiro atoms. The van der Waals surface area contributed by atoms with Crippen LogP contribution in [0.4, 0.5) is 5.69 Å². The number of hydrogen-bond acceptors (Lipinski definition) is 5. The number of nitrogens with zero attached hydrogens (tertiary/aromatic N) is 1. The average molecular weight is 497 g/mol. The minimum absolute atomic E-state index is 0.0753. The van der Waals surface area contributed by atoms with Gasteiger partial charge in [0.1, 0.15) is 18.0 Å². The summed E-state index contributed by atoms with van der Waals surface area (Å²) in [6, 6.07) is 19.0. The zero-order chi connectivity index (χ0) is 25.6. The molecule has 1 amide bonds. The Kier molecular flexibility index (Phi) is 8.40. The number of ether oxygens (including phenoxy) is 2. The molecule has 0 heterocycles. The minimum Gasteiger partial charge on any atom is -0.497 e. The van der Waals surface area contributed by atoms with E-state index in [1.165, 1.54) is 26.4 Å². The third kappa shape index (κ3) is 6.14. The van der Waals surface area contributed by atoms with Crippen molar-refractivity contribution in [3.63, 3.8) is 0 Å². The summed E-state index contributed by atoms with van der Waals surface area (Å²) in [5.74, 6) is 0.314. The largest absolute Gasteiger partial charge is 0.497 e. The number of carbonyl (C=O) groups is 1. The number of aryl methyl sites for hydroxylation is 2. The number of carbonyl (C=O) groups excluding carboxylic acids is 1. The fraction of sp³-hybridized carbons (Fsp3) is 0.296. The predicted molar refractivity (Wildman–Crippen MR) is 138 cm³/mol. The lowest BCUT2D eigenvalue weighted by molar-refractivity contribution is -0.120. The topological polar surface area (TPSA) is 84.9 Å². The molecule has 1 N–H and O–H groups in total. The van der Waals surface area contributed by atoms with Gasteiger partial charge in [-0.1, -0.05) is 54.4 Å². The lowest BCUT2D eigenvalue weighted by atomic mass is 10.0. The predicted octanol–water partition coefficient (Wildman–Crippen LogP) is 4.78. The van der Waals surface area contributed by atoms with Crippen LogP contribution in [0.1, 0.15) is 36.1 Å². The fourth-order valence-corrected chi connectivity index (χ4v) is 5.14. The van der Waals surface area contributed by atoms with E-state index in [0.29, 0.717) is 17.9 Å². The maximum atomic E-state index is 13.8. The lowest BCUT2D eigenvalue weighted by Crippen LogP contribution is -2.42. The van der Waals surface area contributed by atoms with Crippen LogP contribution in [0.3, 0.4) is 0 Å². The highest BCUT2D eigenvalue weighted by atomic mass is 32.2. The highest BCUT2D eigenvalue weighted by molar-refractivity contribution is 7.92. The van der Waals surface area contributed by atoms with E-state index >= 15 is 0 Å². The summed E-state index contributed by atoms with van der Waals surface area (Å²) in [6.07, 6.45) is 0.655. The second-order valence-electron chi connectivity index (χ2n) is 8.30. The summed E-state index contributed by atoms with van der Waals surface area (Å²) in [7, 11) is -1.16. The molecule has 7 nitrogen and oxygen atoms in total. The Morgan fingerprint density at radius 2 is 1.51 bits per heavy atom. The van der Waals surface area contributed by atoms with E-state index in [0.717, 1.165) is 21.0 Å². The Hall–Kier alpha value is -3.52. The Labute approximate surface area is 207 Å². The van der Waals surface area contributed by atoms with E-state index in [9.17, 15) is 13.2 Å². The van der Waals surface area contributed by atoms with Crippen molar-refractivity contribution in [2.75, 3.05) is 25.1 Å². The maximum Gasteiger partial charge on any atom is 0.264 e. The molecule has 0 saturated carbocycles. The second-order valence-corrected chi connectivity index (χ2v) is 10.2. The van der Waals surface area contributed by atoms with Crippen molar-refractivity contribution in [1.82, 2.24) is 5.32 Å². The van der Waals surface area contributed by atoms with Crippen LogP contribution in [0.25, 0.3) is 0 Å². The minimum atomic E-state index is -4.10. The van der Waals surface area contributed by atoms with Gasteiger partial charge in [-0.3, -0.25) is 9.10 Å². The number of anilines is 1. The number of benzene rings is 3. The van der Waals surface area contributed by atoms with Crippen LogP contribution in [-0.2, 0) is 14.8 Å². The van der Waals surface area contributed by atoms with Gasteiger partial charge < -0.3 is 14.8 Å². The highest BCUT2D eigenvalue weighted by Gasteiger charge is 2.30. The Balaban J connectivity index is 2.01. The number of amides is 1. The first-order chi connectivity index (χ1) is 16.7. The molecule has 0 aliphatic rings. The summed E-state index contributed by atoms with van der Waals surface area (Å²) in [4.78, 5) is 13.3. The first kappa shape index (κ1) is 26.1. The molecule has 3 aromatic carbocycles. The zero-order valence-electron chi connectivity index (χ0n) is 20.7. The van der Waals surface area contributed by atoms with Gasteiger partial charge in [-0.15, -0.1) is 0 Å². The number of nitrogens with one attached hydrogen (secondary N) is 1. The quantitative estimate of drug-likeness (QED) is 0.437. The first-order valence-corrected chi connectivity index (χ1v) is 12.8. The van der Waals surface area contributed by atoms with Gasteiger partial charge in [0.15, 0.2) is 0 Å². The maximum absolute atomic E-state index is 13.8. The van der Waals surface area contributed by atoms with E-state index in [2.05, 4.69) is 5.32 Å². The van der Waals surface area contributed by atoms with E-state index < -0.39 is 22.5 Å². The van der Waals surface area contributed by atoms with Crippen molar-refractivity contribution in [2.24, 2.45) is 0 Å². The van der Waals surface area contributed by atoms with Gasteiger partial charge in [0.05, 0.1) is 30.8 Å². The fourth-order valence-electron chi connectivity index (χ4n) is 3.72. The van der Waals surface area contributed by atoms with Crippen LogP contribution in [0.15, 0.2) is 71.6 Å². The number of sulfonamides is 1. The van der Waals surface area contributed by atoms with E-state index in [-0.39, 0.29) is 16.6 Å². The van der Waals surface area contributed by atoms with Crippen LogP contribution in [0, 0.1) is 13.8 Å². The van der Waals surface area contributed by atoms with Crippen molar-refractivity contribution in [1.29, 1.82) is 0 Å². The van der Waals surface area contributed by atoms with Gasteiger partial charge in [-0.05, 0) is 50.1 Å². The van der Waals surface area contributed by atoms with Crippen molar-refractivity contribution in [2.45, 2.75) is 38.1 Å². The Bertz CT molecular complexity index is 1260. The molecule has 0 saturated heterocycles. The van der Waals surface area contributed by atoms with Crippen LogP contribution in [0.2, 0.25) is 0 Å². The van der Waals surface area contributed by atoms with E-state index in [1.807, 2.05) is 45.0 Å². The molecule has 0 bridgehead atoms. The molecular weight excluding hydrogens is 464 g/mol. The molecule has 0 unspecified atom stereocenters. The molecule has 0 radical (unpaired) electrons. The summed E-state index contributed by atoms with van der Waals surface area (Å²) < 4.78 is 39.3. The Morgan fingerprint density at radius 1 is 0.914 bits per heavy atom. The zero-order valence-corrected chi connectivity index (χ0v) is 21.6. The molecule has 0 fully saturated rings. The SMILES string of the molecule is CC[C@H](NC(=O)CN(c1cc(OC)ccc1OC)S(=O)(=O)c1ccc(C)cc1)c1ccc(C)cc1. The second kappa shape index (κ2) is 11.3. The van der Waals surface area contributed by atoms with Crippen molar-refractivity contribution in [3.8, 4) is 11.5 Å². The van der Waals surface area contributed by atoms with Gasteiger partial charge in [-0.2, -0.15) is 0 Å². The summed E-state index contributed by atoms with van der Waals surface area (Å²) in [5.41, 5.74) is 3.22. The highest BCUT2D eigenvalue weighted by Crippen LogP contribution is 2.35. The van der Waals surface area contributed by atoms with Crippen LogP contribution in [0.5, 0.6) is 11.5 Å². The van der Waals surface area contributed by atoms with E-state index in [4.69, 9.17) is 9.47 Å². The van der Waals surface area contributed by atoms with Crippen molar-refractivity contribution in [3.05, 3.63) is 83.4 Å². The van der Waals surface area contributed by atoms with Crippen LogP contribution >= 0.6 is 0 Å². The van der Waals surface area contributed by atoms with Crippen molar-refractivity contribution >= 4 is 21.6 Å². The van der Waals surface area contributed by atoms with Gasteiger partial charge in [-0.25, -0.2) is 8.42 Å². The molecule has 186 valence electrons. The number of rotatable bonds is 10. The van der Waals surface area contributed by atoms with Gasteiger partial charge in [0.25, 0.3) is 10.0 Å².